The summed E-state index contributed by atoms with van der Waals surface area (Å²) in [6, 6.07) is 8.05. The fourth-order valence-corrected chi connectivity index (χ4v) is 2.55. The van der Waals surface area contributed by atoms with Crippen molar-refractivity contribution in [3.63, 3.8) is 0 Å². The van der Waals surface area contributed by atoms with Crippen molar-refractivity contribution in [3.05, 3.63) is 41.4 Å². The molecule has 1 heterocycles. The molecule has 2 aromatic rings. The van der Waals surface area contributed by atoms with Crippen LogP contribution in [0.1, 0.15) is 12.0 Å². The van der Waals surface area contributed by atoms with Gasteiger partial charge in [-0.15, -0.1) is 11.3 Å². The Hall–Kier alpha value is -1.72. The molecule has 20 heavy (non-hydrogen) atoms. The highest BCUT2D eigenvalue weighted by Crippen LogP contribution is 2.25. The maximum Gasteiger partial charge on any atom is 0.221 e. The topological polar surface area (TPSA) is 45.2 Å². The number of amides is 1. The highest BCUT2D eigenvalue weighted by molar-refractivity contribution is 7.13. The van der Waals surface area contributed by atoms with Crippen molar-refractivity contribution in [1.82, 2.24) is 15.2 Å². The molecule has 0 unspecified atom stereocenters. The molecule has 0 atom stereocenters. The Bertz CT molecular complexity index is 552. The number of carbonyl (C=O) groups excluding carboxylic acids is 1. The molecular formula is C15H19N3OS. The van der Waals surface area contributed by atoms with Crippen LogP contribution in [0.5, 0.6) is 0 Å². The molecule has 0 fully saturated rings. The molecular weight excluding hydrogens is 270 g/mol. The van der Waals surface area contributed by atoms with Gasteiger partial charge in [0.1, 0.15) is 5.01 Å². The van der Waals surface area contributed by atoms with E-state index in [0.29, 0.717) is 13.0 Å². The highest BCUT2D eigenvalue weighted by Gasteiger charge is 2.08. The summed E-state index contributed by atoms with van der Waals surface area (Å²) in [5.41, 5.74) is 2.19. The van der Waals surface area contributed by atoms with Crippen LogP contribution in [0.3, 0.4) is 0 Å². The van der Waals surface area contributed by atoms with E-state index in [4.69, 9.17) is 0 Å². The standard InChI is InChI=1S/C15H19N3OS/c1-18(2)9-7-14(19)17-11-12-5-3-4-6-13(12)15-16-8-10-20-15/h3-6,8,10H,7,9,11H2,1-2H3,(H,17,19). The molecule has 0 aliphatic carbocycles. The van der Waals surface area contributed by atoms with Gasteiger partial charge in [-0.1, -0.05) is 24.3 Å². The predicted molar refractivity (Wildman–Crippen MR) is 82.6 cm³/mol. The number of thiazole rings is 1. The zero-order valence-electron chi connectivity index (χ0n) is 11.8. The molecule has 1 aromatic heterocycles. The van der Waals surface area contributed by atoms with Crippen molar-refractivity contribution in [2.24, 2.45) is 0 Å². The van der Waals surface area contributed by atoms with Crippen molar-refractivity contribution in [3.8, 4) is 10.6 Å². The van der Waals surface area contributed by atoms with E-state index in [-0.39, 0.29) is 5.91 Å². The minimum Gasteiger partial charge on any atom is -0.352 e. The fourth-order valence-electron chi connectivity index (χ4n) is 1.85. The first-order chi connectivity index (χ1) is 9.66. The monoisotopic (exact) mass is 289 g/mol. The molecule has 1 aromatic carbocycles. The second-order valence-electron chi connectivity index (χ2n) is 4.82. The molecule has 4 nitrogen and oxygen atoms in total. The number of rotatable bonds is 6. The Morgan fingerprint density at radius 2 is 2.15 bits per heavy atom. The Labute approximate surface area is 123 Å². The van der Waals surface area contributed by atoms with Crippen LogP contribution in [0.25, 0.3) is 10.6 Å². The summed E-state index contributed by atoms with van der Waals surface area (Å²) in [5, 5.41) is 5.92. The van der Waals surface area contributed by atoms with Gasteiger partial charge in [-0.2, -0.15) is 0 Å². The average Bonchev–Trinajstić information content (AvgIpc) is 2.97. The van der Waals surface area contributed by atoms with E-state index in [1.54, 1.807) is 17.5 Å². The Morgan fingerprint density at radius 3 is 2.85 bits per heavy atom. The number of nitrogens with one attached hydrogen (secondary N) is 1. The number of hydrogen-bond acceptors (Lipinski definition) is 4. The number of hydrogen-bond donors (Lipinski definition) is 1. The third-order valence-electron chi connectivity index (χ3n) is 2.94. The number of benzene rings is 1. The van der Waals surface area contributed by atoms with Gasteiger partial charge in [0.15, 0.2) is 0 Å². The molecule has 0 aliphatic rings. The lowest BCUT2D eigenvalue weighted by Crippen LogP contribution is -2.27. The van der Waals surface area contributed by atoms with Gasteiger partial charge in [-0.25, -0.2) is 4.98 Å². The van der Waals surface area contributed by atoms with E-state index < -0.39 is 0 Å². The van der Waals surface area contributed by atoms with E-state index in [2.05, 4.69) is 10.3 Å². The third kappa shape index (κ3) is 4.15. The van der Waals surface area contributed by atoms with Crippen molar-refractivity contribution >= 4 is 17.2 Å². The average molecular weight is 289 g/mol. The Balaban J connectivity index is 1.98. The van der Waals surface area contributed by atoms with Crippen molar-refractivity contribution in [1.29, 1.82) is 0 Å². The van der Waals surface area contributed by atoms with Gasteiger partial charge in [-0.3, -0.25) is 4.79 Å². The predicted octanol–water partition coefficient (Wildman–Crippen LogP) is 2.38. The number of nitrogens with zero attached hydrogens (tertiary/aromatic N) is 2. The molecule has 0 spiro atoms. The summed E-state index contributed by atoms with van der Waals surface area (Å²) in [6.45, 7) is 1.31. The zero-order valence-corrected chi connectivity index (χ0v) is 12.6. The van der Waals surface area contributed by atoms with Crippen LogP contribution in [0, 0.1) is 0 Å². The van der Waals surface area contributed by atoms with E-state index in [1.165, 1.54) is 0 Å². The van der Waals surface area contributed by atoms with Crippen LogP contribution in [-0.2, 0) is 11.3 Å². The summed E-state index contributed by atoms with van der Waals surface area (Å²) in [7, 11) is 3.93. The second kappa shape index (κ2) is 7.17. The third-order valence-corrected chi connectivity index (χ3v) is 3.75. The van der Waals surface area contributed by atoms with Crippen LogP contribution in [0.15, 0.2) is 35.8 Å². The Kier molecular flexibility index (Phi) is 5.26. The maximum atomic E-state index is 11.8. The van der Waals surface area contributed by atoms with Gasteiger partial charge >= 0.3 is 0 Å². The molecule has 1 N–H and O–H groups in total. The number of aromatic nitrogens is 1. The van der Waals surface area contributed by atoms with Crippen molar-refractivity contribution < 1.29 is 4.79 Å². The highest BCUT2D eigenvalue weighted by atomic mass is 32.1. The first-order valence-corrected chi connectivity index (χ1v) is 7.44. The molecule has 106 valence electrons. The molecule has 0 saturated carbocycles. The summed E-state index contributed by atoms with van der Waals surface area (Å²) in [5.74, 6) is 0.0765. The summed E-state index contributed by atoms with van der Waals surface area (Å²) >= 11 is 1.61. The molecule has 0 aliphatic heterocycles. The summed E-state index contributed by atoms with van der Waals surface area (Å²) in [6.07, 6.45) is 2.32. The smallest absolute Gasteiger partial charge is 0.221 e. The van der Waals surface area contributed by atoms with Gasteiger partial charge in [-0.05, 0) is 19.7 Å². The minimum absolute atomic E-state index is 0.0765. The van der Waals surface area contributed by atoms with Crippen molar-refractivity contribution in [2.45, 2.75) is 13.0 Å². The largest absolute Gasteiger partial charge is 0.352 e. The number of carbonyl (C=O) groups is 1. The van der Waals surface area contributed by atoms with Gasteiger partial charge in [0.05, 0.1) is 0 Å². The van der Waals surface area contributed by atoms with Crippen molar-refractivity contribution in [2.75, 3.05) is 20.6 Å². The van der Waals surface area contributed by atoms with E-state index in [1.807, 2.05) is 48.6 Å². The normalized spacial score (nSPS) is 10.8. The van der Waals surface area contributed by atoms with Crippen LogP contribution in [0.4, 0.5) is 0 Å². The lowest BCUT2D eigenvalue weighted by molar-refractivity contribution is -0.121. The van der Waals surface area contributed by atoms with Gasteiger partial charge in [0, 0.05) is 36.7 Å². The van der Waals surface area contributed by atoms with E-state index in [9.17, 15) is 4.79 Å². The minimum atomic E-state index is 0.0765. The lowest BCUT2D eigenvalue weighted by Gasteiger charge is -2.11. The van der Waals surface area contributed by atoms with E-state index >= 15 is 0 Å². The lowest BCUT2D eigenvalue weighted by atomic mass is 10.1. The van der Waals surface area contributed by atoms with Gasteiger partial charge in [0.2, 0.25) is 5.91 Å². The SMILES string of the molecule is CN(C)CCC(=O)NCc1ccccc1-c1nccs1. The zero-order chi connectivity index (χ0) is 14.4. The first kappa shape index (κ1) is 14.7. The van der Waals surface area contributed by atoms with Gasteiger partial charge < -0.3 is 10.2 Å². The molecule has 1 amide bonds. The maximum absolute atomic E-state index is 11.8. The molecule has 0 saturated heterocycles. The van der Waals surface area contributed by atoms with E-state index in [0.717, 1.165) is 22.7 Å². The summed E-state index contributed by atoms with van der Waals surface area (Å²) < 4.78 is 0. The van der Waals surface area contributed by atoms with Crippen LogP contribution < -0.4 is 5.32 Å². The molecule has 2 rings (SSSR count). The summed E-state index contributed by atoms with van der Waals surface area (Å²) in [4.78, 5) is 18.1. The molecule has 0 radical (unpaired) electrons. The Morgan fingerprint density at radius 1 is 1.35 bits per heavy atom. The second-order valence-corrected chi connectivity index (χ2v) is 5.72. The first-order valence-electron chi connectivity index (χ1n) is 6.56. The van der Waals surface area contributed by atoms with Gasteiger partial charge in [0.25, 0.3) is 0 Å². The molecule has 5 heteroatoms. The van der Waals surface area contributed by atoms with Crippen LogP contribution >= 0.6 is 11.3 Å². The van der Waals surface area contributed by atoms with Crippen LogP contribution in [0.2, 0.25) is 0 Å². The quantitative estimate of drug-likeness (QED) is 0.888. The van der Waals surface area contributed by atoms with Crippen LogP contribution in [-0.4, -0.2) is 36.4 Å². The molecule has 0 bridgehead atoms. The fraction of sp³-hybridized carbons (Fsp3) is 0.333.